The molecule has 154 valence electrons. The van der Waals surface area contributed by atoms with Crippen LogP contribution >= 0.6 is 0 Å². The molecule has 0 bridgehead atoms. The van der Waals surface area contributed by atoms with Crippen LogP contribution in [-0.2, 0) is 26.0 Å². The van der Waals surface area contributed by atoms with Crippen LogP contribution in [0.15, 0.2) is 47.4 Å². The molecule has 1 atom stereocenters. The lowest BCUT2D eigenvalue weighted by atomic mass is 10.1. The van der Waals surface area contributed by atoms with Crippen molar-refractivity contribution >= 4 is 27.5 Å². The smallest absolute Gasteiger partial charge is 0.267 e. The molecule has 1 aliphatic rings. The molecule has 0 radical (unpaired) electrons. The lowest BCUT2D eigenvalue weighted by Gasteiger charge is -2.24. The number of hydrogen-bond donors (Lipinski definition) is 1. The summed E-state index contributed by atoms with van der Waals surface area (Å²) in [5.74, 6) is -0.560. The average molecular weight is 416 g/mol. The Balaban J connectivity index is 1.87. The van der Waals surface area contributed by atoms with Gasteiger partial charge in [0.25, 0.3) is 10.0 Å². The highest BCUT2D eigenvalue weighted by Gasteiger charge is 2.44. The van der Waals surface area contributed by atoms with Crippen molar-refractivity contribution in [1.82, 2.24) is 4.31 Å². The first-order valence-electron chi connectivity index (χ1n) is 9.39. The number of ether oxygens (including phenoxy) is 1. The summed E-state index contributed by atoms with van der Waals surface area (Å²) in [6.07, 6.45) is 1.02. The van der Waals surface area contributed by atoms with Crippen LogP contribution in [0.2, 0.25) is 0 Å². The number of carbonyl (C=O) groups is 2. The summed E-state index contributed by atoms with van der Waals surface area (Å²) >= 11 is 0. The summed E-state index contributed by atoms with van der Waals surface area (Å²) in [6.45, 7) is 3.75. The number of rotatable bonds is 6. The number of anilines is 1. The van der Waals surface area contributed by atoms with Gasteiger partial charge in [-0.05, 0) is 61.2 Å². The summed E-state index contributed by atoms with van der Waals surface area (Å²) < 4.78 is 32.1. The van der Waals surface area contributed by atoms with E-state index in [0.29, 0.717) is 21.3 Å². The third kappa shape index (κ3) is 4.12. The highest BCUT2D eigenvalue weighted by molar-refractivity contribution is 7.89. The molecule has 8 heteroatoms. The standard InChI is InChI=1S/C21H24N2O5S/c1-4-15-5-7-16(8-6-15)22-21(25)18-10-12-20(24)23(18)29(26,27)17-9-11-19(28-3)14(2)13-17/h5-9,11,13,18H,4,10,12H2,1-3H3,(H,22,25)/t18-/m1/s1. The molecular weight excluding hydrogens is 392 g/mol. The topological polar surface area (TPSA) is 92.8 Å². The Labute approximate surface area is 170 Å². The lowest BCUT2D eigenvalue weighted by molar-refractivity contribution is -0.128. The van der Waals surface area contributed by atoms with E-state index < -0.39 is 27.9 Å². The molecule has 7 nitrogen and oxygen atoms in total. The van der Waals surface area contributed by atoms with Crippen LogP contribution < -0.4 is 10.1 Å². The second kappa shape index (κ2) is 8.24. The monoisotopic (exact) mass is 416 g/mol. The van der Waals surface area contributed by atoms with Crippen molar-refractivity contribution in [2.75, 3.05) is 12.4 Å². The summed E-state index contributed by atoms with van der Waals surface area (Å²) in [5, 5.41) is 2.72. The molecule has 1 N–H and O–H groups in total. The van der Waals surface area contributed by atoms with Gasteiger partial charge in [-0.2, -0.15) is 0 Å². The lowest BCUT2D eigenvalue weighted by Crippen LogP contribution is -2.45. The molecule has 0 unspecified atom stereocenters. The highest BCUT2D eigenvalue weighted by atomic mass is 32.2. The van der Waals surface area contributed by atoms with E-state index in [0.717, 1.165) is 12.0 Å². The summed E-state index contributed by atoms with van der Waals surface area (Å²) in [5.41, 5.74) is 2.31. The van der Waals surface area contributed by atoms with Crippen LogP contribution in [0.1, 0.15) is 30.9 Å². The van der Waals surface area contributed by atoms with Crippen LogP contribution in [0, 0.1) is 6.92 Å². The molecule has 2 aromatic rings. The van der Waals surface area contributed by atoms with Gasteiger partial charge in [0.2, 0.25) is 11.8 Å². The maximum Gasteiger partial charge on any atom is 0.267 e. The number of hydrogen-bond acceptors (Lipinski definition) is 5. The second-order valence-corrected chi connectivity index (χ2v) is 8.74. The highest BCUT2D eigenvalue weighted by Crippen LogP contribution is 2.30. The van der Waals surface area contributed by atoms with Gasteiger partial charge in [0.05, 0.1) is 12.0 Å². The Morgan fingerprint density at radius 1 is 1.21 bits per heavy atom. The molecule has 2 aromatic carbocycles. The molecule has 0 aromatic heterocycles. The molecular formula is C21H24N2O5S. The van der Waals surface area contributed by atoms with Crippen molar-refractivity contribution in [3.63, 3.8) is 0 Å². The quantitative estimate of drug-likeness (QED) is 0.782. The van der Waals surface area contributed by atoms with Gasteiger partial charge in [-0.3, -0.25) is 9.59 Å². The fourth-order valence-corrected chi connectivity index (χ4v) is 5.06. The van der Waals surface area contributed by atoms with Gasteiger partial charge in [0.15, 0.2) is 0 Å². The zero-order chi connectivity index (χ0) is 21.2. The molecule has 29 heavy (non-hydrogen) atoms. The average Bonchev–Trinajstić information content (AvgIpc) is 3.11. The second-order valence-electron chi connectivity index (χ2n) is 6.92. The Hall–Kier alpha value is -2.87. The molecule has 1 saturated heterocycles. The minimum absolute atomic E-state index is 0.00122. The molecule has 0 saturated carbocycles. The van der Waals surface area contributed by atoms with Crippen LogP contribution in [-0.4, -0.2) is 37.7 Å². The number of nitrogens with zero attached hydrogens (tertiary/aromatic N) is 1. The van der Waals surface area contributed by atoms with Crippen molar-refractivity contribution in [3.05, 3.63) is 53.6 Å². The first-order chi connectivity index (χ1) is 13.8. The van der Waals surface area contributed by atoms with Gasteiger partial charge in [-0.15, -0.1) is 0 Å². The predicted octanol–water partition coefficient (Wildman–Crippen LogP) is 2.88. The van der Waals surface area contributed by atoms with Crippen LogP contribution in [0.25, 0.3) is 0 Å². The summed E-state index contributed by atoms with van der Waals surface area (Å²) in [4.78, 5) is 25.1. The van der Waals surface area contributed by atoms with Gasteiger partial charge in [-0.1, -0.05) is 19.1 Å². The van der Waals surface area contributed by atoms with Crippen LogP contribution in [0.5, 0.6) is 5.75 Å². The first-order valence-corrected chi connectivity index (χ1v) is 10.8. The van der Waals surface area contributed by atoms with Crippen molar-refractivity contribution in [2.24, 2.45) is 0 Å². The minimum Gasteiger partial charge on any atom is -0.496 e. The van der Waals surface area contributed by atoms with Gasteiger partial charge in [-0.25, -0.2) is 12.7 Å². The molecule has 1 aliphatic heterocycles. The summed E-state index contributed by atoms with van der Waals surface area (Å²) in [7, 11) is -2.67. The van der Waals surface area contributed by atoms with E-state index in [2.05, 4.69) is 5.32 Å². The fourth-order valence-electron chi connectivity index (χ4n) is 3.37. The molecule has 0 spiro atoms. The first kappa shape index (κ1) is 20.9. The van der Waals surface area contributed by atoms with Crippen LogP contribution in [0.4, 0.5) is 5.69 Å². The number of nitrogens with one attached hydrogen (secondary N) is 1. The van der Waals surface area contributed by atoms with Crippen molar-refractivity contribution in [3.8, 4) is 5.75 Å². The number of benzene rings is 2. The van der Waals surface area contributed by atoms with E-state index >= 15 is 0 Å². The fraction of sp³-hybridized carbons (Fsp3) is 0.333. The predicted molar refractivity (Wildman–Crippen MR) is 109 cm³/mol. The molecule has 2 amide bonds. The van der Waals surface area contributed by atoms with Gasteiger partial charge in [0.1, 0.15) is 11.8 Å². The Kier molecular flexibility index (Phi) is 5.93. The molecule has 1 heterocycles. The van der Waals surface area contributed by atoms with Crippen LogP contribution in [0.3, 0.4) is 0 Å². The van der Waals surface area contributed by atoms with Gasteiger partial charge < -0.3 is 10.1 Å². The SMILES string of the molecule is CCc1ccc(NC(=O)[C@H]2CCC(=O)N2S(=O)(=O)c2ccc(OC)c(C)c2)cc1. The third-order valence-electron chi connectivity index (χ3n) is 5.02. The number of aryl methyl sites for hydroxylation is 2. The van der Waals surface area contributed by atoms with Gasteiger partial charge >= 0.3 is 0 Å². The molecule has 1 fully saturated rings. The van der Waals surface area contributed by atoms with E-state index in [9.17, 15) is 18.0 Å². The Morgan fingerprint density at radius 2 is 1.90 bits per heavy atom. The van der Waals surface area contributed by atoms with Gasteiger partial charge in [0, 0.05) is 12.1 Å². The Morgan fingerprint density at radius 3 is 2.48 bits per heavy atom. The number of methoxy groups -OCH3 is 1. The van der Waals surface area contributed by atoms with E-state index in [1.165, 1.54) is 25.3 Å². The molecule has 3 rings (SSSR count). The zero-order valence-electron chi connectivity index (χ0n) is 16.6. The minimum atomic E-state index is -4.17. The van der Waals surface area contributed by atoms with E-state index in [1.807, 2.05) is 19.1 Å². The maximum absolute atomic E-state index is 13.1. The zero-order valence-corrected chi connectivity index (χ0v) is 17.5. The van der Waals surface area contributed by atoms with E-state index in [-0.39, 0.29) is 17.7 Å². The summed E-state index contributed by atoms with van der Waals surface area (Å²) in [6, 6.07) is 10.6. The number of amides is 2. The van der Waals surface area contributed by atoms with Crippen molar-refractivity contribution < 1.29 is 22.7 Å². The molecule has 0 aliphatic carbocycles. The van der Waals surface area contributed by atoms with Crippen molar-refractivity contribution in [2.45, 2.75) is 44.0 Å². The van der Waals surface area contributed by atoms with E-state index in [1.54, 1.807) is 19.1 Å². The maximum atomic E-state index is 13.1. The normalized spacial score (nSPS) is 16.7. The number of sulfonamides is 1. The van der Waals surface area contributed by atoms with Crippen molar-refractivity contribution in [1.29, 1.82) is 0 Å². The third-order valence-corrected chi connectivity index (χ3v) is 6.84. The largest absolute Gasteiger partial charge is 0.496 e. The number of carbonyl (C=O) groups excluding carboxylic acids is 2. The van der Waals surface area contributed by atoms with E-state index in [4.69, 9.17) is 4.74 Å². The Bertz CT molecular complexity index is 1030.